The van der Waals surface area contributed by atoms with Crippen molar-refractivity contribution < 1.29 is 17.9 Å². The number of hydrogen-bond acceptors (Lipinski definition) is 4. The van der Waals surface area contributed by atoms with Gasteiger partial charge < -0.3 is 10.1 Å². The third-order valence-electron chi connectivity index (χ3n) is 4.72. The van der Waals surface area contributed by atoms with Crippen LogP contribution in [0.3, 0.4) is 0 Å². The smallest absolute Gasteiger partial charge is 0.241 e. The highest BCUT2D eigenvalue weighted by molar-refractivity contribution is 7.92. The number of nitrogens with zero attached hydrogens (tertiary/aromatic N) is 1. The van der Waals surface area contributed by atoms with Gasteiger partial charge in [0.1, 0.15) is 17.9 Å². The minimum atomic E-state index is -3.60. The lowest BCUT2D eigenvalue weighted by Crippen LogP contribution is -2.45. The second-order valence-corrected chi connectivity index (χ2v) is 9.74. The van der Waals surface area contributed by atoms with Crippen LogP contribution in [-0.2, 0) is 14.8 Å². The van der Waals surface area contributed by atoms with Crippen LogP contribution in [0.4, 0.5) is 5.69 Å². The molecular formula is C21H26N2O4S. The fourth-order valence-corrected chi connectivity index (χ4v) is 4.27. The van der Waals surface area contributed by atoms with E-state index >= 15 is 0 Å². The van der Waals surface area contributed by atoms with Gasteiger partial charge in [-0.2, -0.15) is 0 Å². The van der Waals surface area contributed by atoms with Gasteiger partial charge in [-0.1, -0.05) is 35.9 Å². The van der Waals surface area contributed by atoms with Crippen molar-refractivity contribution >= 4 is 21.6 Å². The van der Waals surface area contributed by atoms with Gasteiger partial charge in [0.15, 0.2) is 0 Å². The number of para-hydroxylation sites is 1. The number of anilines is 1. The average molecular weight is 403 g/mol. The van der Waals surface area contributed by atoms with Crippen LogP contribution in [0.15, 0.2) is 48.5 Å². The number of benzene rings is 2. The lowest BCUT2D eigenvalue weighted by atomic mass is 9.89. The third-order valence-corrected chi connectivity index (χ3v) is 5.86. The van der Waals surface area contributed by atoms with Gasteiger partial charge in [-0.25, -0.2) is 8.42 Å². The fourth-order valence-electron chi connectivity index (χ4n) is 3.41. The van der Waals surface area contributed by atoms with Gasteiger partial charge in [0.2, 0.25) is 15.9 Å². The van der Waals surface area contributed by atoms with Crippen molar-refractivity contribution in [3.05, 3.63) is 59.7 Å². The molecule has 3 rings (SSSR count). The molecule has 0 saturated carbocycles. The Balaban J connectivity index is 1.81. The van der Waals surface area contributed by atoms with E-state index in [1.165, 1.54) is 0 Å². The SMILES string of the molecule is Cc1ccc(N(CC(=O)N[C@H]2CC(C)(C)Oc3ccccc32)S(C)(=O)=O)cc1. The maximum absolute atomic E-state index is 12.8. The number of amides is 1. The quantitative estimate of drug-likeness (QED) is 0.833. The summed E-state index contributed by atoms with van der Waals surface area (Å²) >= 11 is 0. The molecule has 0 aromatic heterocycles. The molecule has 0 radical (unpaired) electrons. The number of rotatable bonds is 5. The molecule has 28 heavy (non-hydrogen) atoms. The largest absolute Gasteiger partial charge is 0.487 e. The van der Waals surface area contributed by atoms with E-state index in [9.17, 15) is 13.2 Å². The molecule has 7 heteroatoms. The number of carbonyl (C=O) groups is 1. The zero-order valence-corrected chi connectivity index (χ0v) is 17.4. The first kappa shape index (κ1) is 20.2. The molecule has 2 aromatic rings. The summed E-state index contributed by atoms with van der Waals surface area (Å²) in [4.78, 5) is 12.8. The monoisotopic (exact) mass is 402 g/mol. The number of aryl methyl sites for hydroxylation is 1. The number of carbonyl (C=O) groups excluding carboxylic acids is 1. The van der Waals surface area contributed by atoms with Crippen molar-refractivity contribution in [1.29, 1.82) is 0 Å². The zero-order chi connectivity index (χ0) is 20.5. The Labute approximate surface area is 166 Å². The number of sulfonamides is 1. The van der Waals surface area contributed by atoms with Crippen LogP contribution in [-0.4, -0.2) is 32.7 Å². The summed E-state index contributed by atoms with van der Waals surface area (Å²) in [5.74, 6) is 0.381. The van der Waals surface area contributed by atoms with Crippen molar-refractivity contribution in [2.24, 2.45) is 0 Å². The van der Waals surface area contributed by atoms with Crippen LogP contribution < -0.4 is 14.4 Å². The number of nitrogens with one attached hydrogen (secondary N) is 1. The summed E-state index contributed by atoms with van der Waals surface area (Å²) in [7, 11) is -3.60. The van der Waals surface area contributed by atoms with E-state index in [1.807, 2.05) is 57.2 Å². The highest BCUT2D eigenvalue weighted by Gasteiger charge is 2.34. The molecule has 0 fully saturated rings. The first-order chi connectivity index (χ1) is 13.0. The molecule has 0 saturated heterocycles. The van der Waals surface area contributed by atoms with Crippen LogP contribution in [0, 0.1) is 6.92 Å². The Morgan fingerprint density at radius 2 is 1.82 bits per heavy atom. The highest BCUT2D eigenvalue weighted by Crippen LogP contribution is 2.39. The molecule has 0 unspecified atom stereocenters. The molecule has 1 atom stereocenters. The normalized spacial score (nSPS) is 17.9. The van der Waals surface area contributed by atoms with Crippen LogP contribution in [0.25, 0.3) is 0 Å². The van der Waals surface area contributed by atoms with Crippen LogP contribution >= 0.6 is 0 Å². The molecule has 1 amide bonds. The summed E-state index contributed by atoms with van der Waals surface area (Å²) in [5, 5.41) is 2.99. The van der Waals surface area contributed by atoms with E-state index in [0.717, 1.165) is 27.4 Å². The third kappa shape index (κ3) is 4.65. The Kier molecular flexibility index (Phi) is 5.39. The molecule has 150 valence electrons. The summed E-state index contributed by atoms with van der Waals surface area (Å²) in [6.45, 7) is 5.59. The van der Waals surface area contributed by atoms with Gasteiger partial charge in [0.25, 0.3) is 0 Å². The predicted molar refractivity (Wildman–Crippen MR) is 110 cm³/mol. The van der Waals surface area contributed by atoms with Gasteiger partial charge in [-0.15, -0.1) is 0 Å². The topological polar surface area (TPSA) is 75.7 Å². The van der Waals surface area contributed by atoms with E-state index < -0.39 is 15.6 Å². The molecule has 1 heterocycles. The number of hydrogen-bond donors (Lipinski definition) is 1. The van der Waals surface area contributed by atoms with E-state index in [-0.39, 0.29) is 18.5 Å². The van der Waals surface area contributed by atoms with Gasteiger partial charge in [0, 0.05) is 12.0 Å². The van der Waals surface area contributed by atoms with Crippen molar-refractivity contribution in [2.75, 3.05) is 17.1 Å². The Hall–Kier alpha value is -2.54. The molecule has 0 spiro atoms. The molecule has 2 aromatic carbocycles. The van der Waals surface area contributed by atoms with E-state index in [2.05, 4.69) is 5.32 Å². The highest BCUT2D eigenvalue weighted by atomic mass is 32.2. The minimum absolute atomic E-state index is 0.244. The fraction of sp³-hybridized carbons (Fsp3) is 0.381. The summed E-state index contributed by atoms with van der Waals surface area (Å²) in [6, 6.07) is 14.4. The summed E-state index contributed by atoms with van der Waals surface area (Å²) in [6.07, 6.45) is 1.70. The van der Waals surface area contributed by atoms with Crippen molar-refractivity contribution in [3.8, 4) is 5.75 Å². The Morgan fingerprint density at radius 3 is 2.46 bits per heavy atom. The van der Waals surface area contributed by atoms with E-state index in [0.29, 0.717) is 12.1 Å². The maximum Gasteiger partial charge on any atom is 0.241 e. The number of fused-ring (bicyclic) bond motifs is 1. The van der Waals surface area contributed by atoms with Gasteiger partial charge in [-0.05, 0) is 39.0 Å². The lowest BCUT2D eigenvalue weighted by molar-refractivity contribution is -0.120. The van der Waals surface area contributed by atoms with E-state index in [1.54, 1.807) is 12.1 Å². The van der Waals surface area contributed by atoms with Crippen molar-refractivity contribution in [3.63, 3.8) is 0 Å². The molecule has 6 nitrogen and oxygen atoms in total. The molecular weight excluding hydrogens is 376 g/mol. The maximum atomic E-state index is 12.8. The first-order valence-electron chi connectivity index (χ1n) is 9.17. The molecule has 0 bridgehead atoms. The lowest BCUT2D eigenvalue weighted by Gasteiger charge is -2.38. The Bertz CT molecular complexity index is 968. The number of ether oxygens (including phenoxy) is 1. The van der Waals surface area contributed by atoms with Crippen LogP contribution in [0.1, 0.15) is 37.4 Å². The minimum Gasteiger partial charge on any atom is -0.487 e. The first-order valence-corrected chi connectivity index (χ1v) is 11.0. The zero-order valence-electron chi connectivity index (χ0n) is 16.6. The Morgan fingerprint density at radius 1 is 1.18 bits per heavy atom. The van der Waals surface area contributed by atoms with E-state index in [4.69, 9.17) is 4.74 Å². The predicted octanol–water partition coefficient (Wildman–Crippen LogP) is 3.18. The standard InChI is InChI=1S/C21H26N2O4S/c1-15-9-11-16(12-10-15)23(28(4,25)26)14-20(24)22-18-13-21(2,3)27-19-8-6-5-7-17(18)19/h5-12,18H,13-14H2,1-4H3,(H,22,24)/t18-/m0/s1. The van der Waals surface area contributed by atoms with Gasteiger partial charge in [-0.3, -0.25) is 9.10 Å². The summed E-state index contributed by atoms with van der Waals surface area (Å²) < 4.78 is 31.7. The second-order valence-electron chi connectivity index (χ2n) is 7.83. The second kappa shape index (κ2) is 7.47. The molecule has 1 N–H and O–H groups in total. The average Bonchev–Trinajstić information content (AvgIpc) is 2.59. The summed E-state index contributed by atoms with van der Waals surface area (Å²) in [5.41, 5.74) is 1.95. The van der Waals surface area contributed by atoms with Crippen LogP contribution in [0.2, 0.25) is 0 Å². The van der Waals surface area contributed by atoms with Gasteiger partial charge >= 0.3 is 0 Å². The van der Waals surface area contributed by atoms with Gasteiger partial charge in [0.05, 0.1) is 18.0 Å². The van der Waals surface area contributed by atoms with Crippen LogP contribution in [0.5, 0.6) is 5.75 Å². The molecule has 1 aliphatic rings. The molecule has 0 aliphatic carbocycles. The molecule has 1 aliphatic heterocycles. The van der Waals surface area contributed by atoms with Crippen molar-refractivity contribution in [1.82, 2.24) is 5.32 Å². The van der Waals surface area contributed by atoms with Crippen molar-refractivity contribution in [2.45, 2.75) is 38.8 Å².